The van der Waals surface area contributed by atoms with Gasteiger partial charge in [-0.3, -0.25) is 28.0 Å². The fourth-order valence-corrected chi connectivity index (χ4v) is 26.9. The summed E-state index contributed by atoms with van der Waals surface area (Å²) in [5, 5.41) is 8.96. The number of nitrogens with zero attached hydrogens (tertiary/aromatic N) is 9. The van der Waals surface area contributed by atoms with Gasteiger partial charge in [-0.1, -0.05) is 86.9 Å². The number of hydrogen-bond donors (Lipinski definition) is 5. The SMILES string of the molecule is [CH2-][N+]1=C2N=c3c4ccccc4c4n3[Si](O[Si](C)(C)CCCNC(=O)CCCCC(=O)OC)(O[Si](C)(C)CCCNC(=O)C[N+](CCCS(=O)(=O)O)(CCCS(=O)(=O)O)CCCS(=O)(=O)O)n3c(c5ccccc5c3N=C3c5ccccc5C(=[N+]3[CH2-])N=4)N=C1c1ccccc12. The van der Waals surface area contributed by atoms with Crippen molar-refractivity contribution in [3.63, 3.8) is 0 Å². The van der Waals surface area contributed by atoms with Crippen molar-refractivity contribution in [3.8, 4) is 0 Å². The molecule has 6 heterocycles. The van der Waals surface area contributed by atoms with E-state index in [2.05, 4.69) is 59.4 Å². The predicted octanol–water partition coefficient (Wildman–Crippen LogP) is 5.82. The molecule has 94 heavy (non-hydrogen) atoms. The van der Waals surface area contributed by atoms with Gasteiger partial charge in [-0.2, -0.15) is 25.3 Å². The number of aliphatic imine (C=N–C) groups is 2. The molecular formula is C62H80N11O15S3Si3+. The number of carbonyl (C=O) groups excluding carboxylic acids is 3. The molecule has 1 atom stereocenters. The molecule has 2 amide bonds. The molecule has 6 bridgehead atoms. The second kappa shape index (κ2) is 27.8. The van der Waals surface area contributed by atoms with Crippen LogP contribution in [0, 0.1) is 14.1 Å². The maximum Gasteiger partial charge on any atom is 0.586 e. The fourth-order valence-electron chi connectivity index (χ4n) is 12.9. The molecule has 10 rings (SSSR count). The standard InChI is InChI=1S/C62H79N11O15S3Si3/c1-69-55-44-23-8-9-24-45(44)56(69)66-60-49-28-13-15-30-51(49)62-68-58-47-26-11-10-25-46(47)57(70(58)2)67-61-50-29-14-12-27-48(50)59(65-55)71(61)94(72(60)62,87-92(4,5)41-18-33-63-52(74)31-16-17-32-54(76)86-3)88-93(6,7)42-19-34-64-53(75)43-73(35-20-38-89(77,78)79,36-21-39-90(80,81)82)37-22-40-91(83,84)85/h8-15,23-30H,1-2,16-22,31-43H2,3-7H3,(H4-,63,64,74,75,77,78,79,80,81,82,83,84,85)/p+1. The number of aromatic nitrogens is 2. The molecule has 5 N–H and O–H groups in total. The Morgan fingerprint density at radius 2 is 0.915 bits per heavy atom. The molecule has 4 aliphatic heterocycles. The number of esters is 1. The molecule has 32 heteroatoms. The highest BCUT2D eigenvalue weighted by molar-refractivity contribution is 7.86. The number of amides is 2. The summed E-state index contributed by atoms with van der Waals surface area (Å²) in [5.41, 5.74) is 4.04. The number of ether oxygens (including phenoxy) is 1. The lowest BCUT2D eigenvalue weighted by atomic mass is 10.1. The van der Waals surface area contributed by atoms with E-state index in [4.69, 9.17) is 32.9 Å². The first kappa shape index (κ1) is 69.5. The summed E-state index contributed by atoms with van der Waals surface area (Å²) in [5.74, 6) is -0.177. The van der Waals surface area contributed by atoms with E-state index in [1.807, 2.05) is 97.1 Å². The van der Waals surface area contributed by atoms with Crippen LogP contribution in [0.5, 0.6) is 0 Å². The van der Waals surface area contributed by atoms with E-state index in [1.54, 1.807) is 9.15 Å². The van der Waals surface area contributed by atoms with Crippen LogP contribution in [0.25, 0.3) is 21.5 Å². The first-order chi connectivity index (χ1) is 44.4. The first-order valence-corrected chi connectivity index (χ1v) is 43.9. The summed E-state index contributed by atoms with van der Waals surface area (Å²) in [7, 11) is -14.2. The topological polar surface area (TPSA) is 331 Å². The second-order valence-electron chi connectivity index (χ2n) is 25.3. The minimum absolute atomic E-state index is 0.0813. The molecule has 26 nitrogen and oxygen atoms in total. The first-order valence-electron chi connectivity index (χ1n) is 31.2. The van der Waals surface area contributed by atoms with Crippen LogP contribution in [0.1, 0.15) is 80.0 Å². The maximum absolute atomic E-state index is 14.3. The normalized spacial score (nSPS) is 16.3. The van der Waals surface area contributed by atoms with E-state index in [0.29, 0.717) is 90.3 Å². The smallest absolute Gasteiger partial charge is 0.469 e. The number of quaternary nitrogens is 1. The Morgan fingerprint density at radius 3 is 1.33 bits per heavy atom. The Bertz CT molecular complexity index is 4360. The van der Waals surface area contributed by atoms with E-state index >= 15 is 0 Å². The lowest BCUT2D eigenvalue weighted by molar-refractivity contribution is -0.920. The molecule has 0 radical (unpaired) electrons. The highest BCUT2D eigenvalue weighted by Gasteiger charge is 2.59. The number of nitrogens with one attached hydrogen (secondary N) is 2. The van der Waals surface area contributed by atoms with E-state index in [-0.39, 0.29) is 81.2 Å². The quantitative estimate of drug-likeness (QED) is 0.00651. The molecule has 502 valence electrons. The number of carbonyl (C=O) groups is 3. The summed E-state index contributed by atoms with van der Waals surface area (Å²) in [6.45, 7) is 8.10. The van der Waals surface area contributed by atoms with Crippen LogP contribution in [-0.2, 0) is 57.7 Å². The molecule has 6 aromatic rings. The minimum Gasteiger partial charge on any atom is -0.469 e. The van der Waals surface area contributed by atoms with Crippen molar-refractivity contribution in [2.45, 2.75) is 96.1 Å². The lowest BCUT2D eigenvalue weighted by Crippen LogP contribution is -2.70. The van der Waals surface area contributed by atoms with Crippen LogP contribution in [0.15, 0.2) is 117 Å². The van der Waals surface area contributed by atoms with Crippen molar-refractivity contribution in [1.29, 1.82) is 0 Å². The molecule has 0 aliphatic carbocycles. The van der Waals surface area contributed by atoms with Crippen molar-refractivity contribution in [1.82, 2.24) is 19.1 Å². The van der Waals surface area contributed by atoms with Gasteiger partial charge in [-0.15, -0.1) is 20.0 Å². The number of fused-ring (bicyclic) bond motifs is 14. The maximum atomic E-state index is 14.3. The van der Waals surface area contributed by atoms with Gasteiger partial charge >= 0.3 is 14.9 Å². The van der Waals surface area contributed by atoms with Gasteiger partial charge in [0.05, 0.1) is 44.0 Å². The van der Waals surface area contributed by atoms with Crippen LogP contribution in [-0.4, -0.2) is 191 Å². The Labute approximate surface area is 550 Å². The zero-order valence-corrected chi connectivity index (χ0v) is 58.7. The number of amidine groups is 4. The monoisotopic (exact) mass is 1400 g/mol. The van der Waals surface area contributed by atoms with Crippen molar-refractivity contribution >= 4 is 130 Å². The Morgan fingerprint density at radius 1 is 0.532 bits per heavy atom. The number of rotatable bonds is 31. The number of unbranched alkanes of at least 4 members (excludes halogenated alkanes) is 1. The zero-order valence-electron chi connectivity index (χ0n) is 53.3. The van der Waals surface area contributed by atoms with Crippen LogP contribution < -0.4 is 21.6 Å². The fraction of sp³-hybridized carbons (Fsp3) is 0.403. The van der Waals surface area contributed by atoms with Gasteiger partial charge in [0.25, 0.3) is 36.3 Å². The Balaban J connectivity index is 1.12. The van der Waals surface area contributed by atoms with Gasteiger partial charge in [0.15, 0.2) is 46.5 Å². The minimum atomic E-state index is -4.78. The largest absolute Gasteiger partial charge is 0.586 e. The molecule has 2 aromatic heterocycles. The third-order valence-electron chi connectivity index (χ3n) is 17.1. The average Bonchev–Trinajstić information content (AvgIpc) is 1.51. The third-order valence-corrected chi connectivity index (χ3v) is 31.2. The van der Waals surface area contributed by atoms with Crippen molar-refractivity contribution in [2.24, 2.45) is 20.0 Å². The molecular weight excluding hydrogens is 1320 g/mol. The van der Waals surface area contributed by atoms with E-state index in [9.17, 15) is 53.3 Å². The molecule has 4 aromatic carbocycles. The summed E-state index contributed by atoms with van der Waals surface area (Å²) in [4.78, 5) is 62.3. The van der Waals surface area contributed by atoms with Crippen molar-refractivity contribution in [3.05, 3.63) is 144 Å². The summed E-state index contributed by atoms with van der Waals surface area (Å²) >= 11 is 0. The second-order valence-corrected chi connectivity index (χ2v) is 41.7. The van der Waals surface area contributed by atoms with Gasteiger partial charge in [-0.05, 0) is 110 Å². The summed E-state index contributed by atoms with van der Waals surface area (Å²) in [6.07, 6.45) is 1.76. The highest BCUT2D eigenvalue weighted by atomic mass is 32.2. The third kappa shape index (κ3) is 15.6. The van der Waals surface area contributed by atoms with Crippen LogP contribution >= 0.6 is 0 Å². The van der Waals surface area contributed by atoms with Crippen molar-refractivity contribution < 1.29 is 79.9 Å². The van der Waals surface area contributed by atoms with Gasteiger partial charge in [-0.25, -0.2) is 8.47 Å². The molecule has 1 unspecified atom stereocenters. The van der Waals surface area contributed by atoms with E-state index < -0.39 is 79.0 Å². The Kier molecular flexibility index (Phi) is 20.5. The lowest BCUT2D eigenvalue weighted by Gasteiger charge is -2.42. The zero-order chi connectivity index (χ0) is 67.6. The van der Waals surface area contributed by atoms with Crippen molar-refractivity contribution in [2.75, 3.05) is 63.6 Å². The molecule has 0 spiro atoms. The number of benzene rings is 4. The summed E-state index contributed by atoms with van der Waals surface area (Å²) in [6, 6.07) is 32.4. The van der Waals surface area contributed by atoms with Gasteiger partial charge in [0, 0.05) is 66.7 Å². The molecule has 0 saturated carbocycles. The number of hydrogen-bond acceptors (Lipinski definition) is 16. The summed E-state index contributed by atoms with van der Waals surface area (Å²) < 4.78 is 129. The van der Waals surface area contributed by atoms with Crippen LogP contribution in [0.3, 0.4) is 0 Å². The van der Waals surface area contributed by atoms with Gasteiger partial charge < -0.3 is 37.2 Å². The molecule has 0 saturated heterocycles. The van der Waals surface area contributed by atoms with Gasteiger partial charge in [0.1, 0.15) is 0 Å². The molecule has 4 aliphatic rings. The Hall–Kier alpha value is -7.35. The van der Waals surface area contributed by atoms with Crippen LogP contribution in [0.2, 0.25) is 38.3 Å². The molecule has 0 fully saturated rings. The average molecular weight is 1400 g/mol. The predicted molar refractivity (Wildman–Crippen MR) is 363 cm³/mol. The van der Waals surface area contributed by atoms with Crippen LogP contribution in [0.4, 0.5) is 11.6 Å². The van der Waals surface area contributed by atoms with E-state index in [0.717, 1.165) is 43.8 Å². The van der Waals surface area contributed by atoms with E-state index in [1.165, 1.54) is 7.11 Å². The van der Waals surface area contributed by atoms with Gasteiger partial charge in [0.2, 0.25) is 28.5 Å². The highest BCUT2D eigenvalue weighted by Crippen LogP contribution is 2.45. The number of methoxy groups -OCH3 is 1.